The first-order valence-electron chi connectivity index (χ1n) is 3.54. The number of hydrogen-bond donors (Lipinski definition) is 1. The van der Waals surface area contributed by atoms with E-state index in [1.165, 1.54) is 4.21 Å². The monoisotopic (exact) mass is 204 g/mol. The number of thioether (sulfide) groups is 1. The van der Waals surface area contributed by atoms with Gasteiger partial charge >= 0.3 is 0 Å². The molecule has 0 saturated heterocycles. The van der Waals surface area contributed by atoms with Crippen LogP contribution in [0.1, 0.15) is 11.1 Å². The molecule has 0 aromatic carbocycles. The van der Waals surface area contributed by atoms with Gasteiger partial charge in [-0.3, -0.25) is 0 Å². The van der Waals surface area contributed by atoms with E-state index in [1.54, 1.807) is 30.2 Å². The third-order valence-electron chi connectivity index (χ3n) is 1.48. The van der Waals surface area contributed by atoms with Gasteiger partial charge < -0.3 is 10.5 Å². The minimum atomic E-state index is -0.0455. The van der Waals surface area contributed by atoms with Gasteiger partial charge in [0.2, 0.25) is 0 Å². The van der Waals surface area contributed by atoms with Crippen molar-refractivity contribution in [3.63, 3.8) is 0 Å². The van der Waals surface area contributed by atoms with Crippen LogP contribution in [0.5, 0.6) is 0 Å². The molecule has 0 fully saturated rings. The number of nitrogens with zero attached hydrogens (tertiary/aromatic N) is 1. The molecule has 12 heavy (non-hydrogen) atoms. The lowest BCUT2D eigenvalue weighted by atomic mass is 10.4. The van der Waals surface area contributed by atoms with Crippen LogP contribution in [-0.2, 0) is 4.74 Å². The van der Waals surface area contributed by atoms with Crippen LogP contribution in [0.4, 0.5) is 0 Å². The van der Waals surface area contributed by atoms with Gasteiger partial charge in [0.15, 0.2) is 0 Å². The zero-order chi connectivity index (χ0) is 8.97. The van der Waals surface area contributed by atoms with Crippen molar-refractivity contribution >= 4 is 23.1 Å². The third kappa shape index (κ3) is 2.20. The molecule has 68 valence electrons. The van der Waals surface area contributed by atoms with E-state index >= 15 is 0 Å². The first-order valence-corrected chi connectivity index (χ1v) is 5.58. The summed E-state index contributed by atoms with van der Waals surface area (Å²) in [6, 6.07) is 0. The zero-order valence-electron chi connectivity index (χ0n) is 7.11. The highest BCUT2D eigenvalue weighted by atomic mass is 32.2. The molecule has 1 heterocycles. The van der Waals surface area contributed by atoms with E-state index in [4.69, 9.17) is 10.5 Å². The summed E-state index contributed by atoms with van der Waals surface area (Å²) >= 11 is 3.32. The zero-order valence-corrected chi connectivity index (χ0v) is 8.74. The maximum atomic E-state index is 5.50. The summed E-state index contributed by atoms with van der Waals surface area (Å²) in [6.45, 7) is 0.484. The van der Waals surface area contributed by atoms with Crippen molar-refractivity contribution in [3.05, 3.63) is 11.2 Å². The molecule has 1 aromatic heterocycles. The van der Waals surface area contributed by atoms with E-state index in [0.717, 1.165) is 5.01 Å². The van der Waals surface area contributed by atoms with E-state index in [1.807, 2.05) is 12.5 Å². The molecule has 0 spiro atoms. The number of methoxy groups -OCH3 is 1. The van der Waals surface area contributed by atoms with E-state index in [0.29, 0.717) is 6.54 Å². The highest BCUT2D eigenvalue weighted by Crippen LogP contribution is 2.27. The Morgan fingerprint density at radius 2 is 2.58 bits per heavy atom. The number of hydrogen-bond acceptors (Lipinski definition) is 5. The molecule has 1 unspecified atom stereocenters. The van der Waals surface area contributed by atoms with Crippen LogP contribution < -0.4 is 5.73 Å². The van der Waals surface area contributed by atoms with E-state index < -0.39 is 0 Å². The average Bonchev–Trinajstić information content (AvgIpc) is 2.55. The standard InChI is InChI=1S/C7H12N2OS2/c1-10-5(3-8)7-9-4-6(11-2)12-7/h4-5H,3,8H2,1-2H3. The summed E-state index contributed by atoms with van der Waals surface area (Å²) in [5.74, 6) is 0. The molecule has 0 aliphatic rings. The third-order valence-corrected chi connectivity index (χ3v) is 3.62. The largest absolute Gasteiger partial charge is 0.373 e. The molecular weight excluding hydrogens is 192 g/mol. The Labute approximate surface area is 80.3 Å². The lowest BCUT2D eigenvalue weighted by Gasteiger charge is -2.07. The molecule has 0 radical (unpaired) electrons. The maximum absolute atomic E-state index is 5.50. The first-order chi connectivity index (χ1) is 5.81. The highest BCUT2D eigenvalue weighted by molar-refractivity contribution is 8.00. The van der Waals surface area contributed by atoms with Gasteiger partial charge in [-0.15, -0.1) is 23.1 Å². The summed E-state index contributed by atoms with van der Waals surface area (Å²) in [5, 5.41) is 0.962. The summed E-state index contributed by atoms with van der Waals surface area (Å²) in [6.07, 6.45) is 3.84. The maximum Gasteiger partial charge on any atom is 0.124 e. The number of thiazole rings is 1. The van der Waals surface area contributed by atoms with E-state index in [2.05, 4.69) is 4.98 Å². The fourth-order valence-corrected chi connectivity index (χ4v) is 2.30. The Balaban J connectivity index is 2.72. The fourth-order valence-electron chi connectivity index (χ4n) is 0.813. The topological polar surface area (TPSA) is 48.1 Å². The lowest BCUT2D eigenvalue weighted by Crippen LogP contribution is -2.13. The SMILES string of the molecule is COC(CN)c1ncc(SC)s1. The van der Waals surface area contributed by atoms with E-state index in [9.17, 15) is 0 Å². The summed E-state index contributed by atoms with van der Waals surface area (Å²) in [5.41, 5.74) is 5.50. The molecule has 1 aromatic rings. The molecular formula is C7H12N2OS2. The van der Waals surface area contributed by atoms with Gasteiger partial charge in [0.05, 0.1) is 10.4 Å². The van der Waals surface area contributed by atoms with Crippen LogP contribution >= 0.6 is 23.1 Å². The van der Waals surface area contributed by atoms with Gasteiger partial charge in [-0.05, 0) is 6.26 Å². The van der Waals surface area contributed by atoms with Crippen molar-refractivity contribution in [2.75, 3.05) is 19.9 Å². The normalized spacial score (nSPS) is 13.2. The van der Waals surface area contributed by atoms with E-state index in [-0.39, 0.29) is 6.10 Å². The second kappa shape index (κ2) is 4.81. The van der Waals surface area contributed by atoms with Gasteiger partial charge in [0.1, 0.15) is 11.1 Å². The molecule has 1 rings (SSSR count). The van der Waals surface area contributed by atoms with Crippen molar-refractivity contribution < 1.29 is 4.74 Å². The van der Waals surface area contributed by atoms with Crippen molar-refractivity contribution in [2.45, 2.75) is 10.3 Å². The van der Waals surface area contributed by atoms with Gasteiger partial charge in [-0.25, -0.2) is 4.98 Å². The fraction of sp³-hybridized carbons (Fsp3) is 0.571. The van der Waals surface area contributed by atoms with Crippen LogP contribution in [0.25, 0.3) is 0 Å². The number of nitrogens with two attached hydrogens (primary N) is 1. The lowest BCUT2D eigenvalue weighted by molar-refractivity contribution is 0.110. The van der Waals surface area contributed by atoms with Crippen LogP contribution in [0.15, 0.2) is 10.4 Å². The molecule has 1 atom stereocenters. The van der Waals surface area contributed by atoms with Crippen molar-refractivity contribution in [1.82, 2.24) is 4.98 Å². The summed E-state index contributed by atoms with van der Waals surface area (Å²) in [7, 11) is 1.65. The Kier molecular flexibility index (Phi) is 4.00. The summed E-state index contributed by atoms with van der Waals surface area (Å²) < 4.78 is 6.35. The number of aromatic nitrogens is 1. The molecule has 5 heteroatoms. The Bertz CT molecular complexity index is 235. The van der Waals surface area contributed by atoms with Gasteiger partial charge in [-0.1, -0.05) is 0 Å². The molecule has 0 bridgehead atoms. The van der Waals surface area contributed by atoms with Gasteiger partial charge in [-0.2, -0.15) is 0 Å². The predicted molar refractivity (Wildman–Crippen MR) is 52.7 cm³/mol. The quantitative estimate of drug-likeness (QED) is 0.755. The smallest absolute Gasteiger partial charge is 0.124 e. The molecule has 0 amide bonds. The average molecular weight is 204 g/mol. The summed E-state index contributed by atoms with van der Waals surface area (Å²) in [4.78, 5) is 4.22. The molecule has 0 saturated carbocycles. The minimum absolute atomic E-state index is 0.0455. The Morgan fingerprint density at radius 3 is 3.00 bits per heavy atom. The van der Waals surface area contributed by atoms with Crippen LogP contribution in [0.3, 0.4) is 0 Å². The second-order valence-electron chi connectivity index (χ2n) is 2.18. The van der Waals surface area contributed by atoms with Crippen molar-refractivity contribution in [2.24, 2.45) is 5.73 Å². The van der Waals surface area contributed by atoms with Crippen LogP contribution in [0.2, 0.25) is 0 Å². The Hall–Kier alpha value is -0.100. The number of rotatable bonds is 4. The molecule has 0 aliphatic carbocycles. The first kappa shape index (κ1) is 9.98. The van der Waals surface area contributed by atoms with Crippen LogP contribution in [0, 0.1) is 0 Å². The second-order valence-corrected chi connectivity index (χ2v) is 4.35. The van der Waals surface area contributed by atoms with Crippen LogP contribution in [-0.4, -0.2) is 24.9 Å². The highest BCUT2D eigenvalue weighted by Gasteiger charge is 2.12. The van der Waals surface area contributed by atoms with Gasteiger partial charge in [0, 0.05) is 13.7 Å². The van der Waals surface area contributed by atoms with Crippen molar-refractivity contribution in [1.29, 1.82) is 0 Å². The molecule has 3 nitrogen and oxygen atoms in total. The number of ether oxygens (including phenoxy) is 1. The van der Waals surface area contributed by atoms with Gasteiger partial charge in [0.25, 0.3) is 0 Å². The Morgan fingerprint density at radius 1 is 1.83 bits per heavy atom. The predicted octanol–water partition coefficient (Wildman–Crippen LogP) is 1.51. The molecule has 2 N–H and O–H groups in total. The van der Waals surface area contributed by atoms with Crippen molar-refractivity contribution in [3.8, 4) is 0 Å². The minimum Gasteiger partial charge on any atom is -0.373 e. The molecule has 0 aliphatic heterocycles.